The average molecular weight is 228 g/mol. The van der Waals surface area contributed by atoms with E-state index in [-0.39, 0.29) is 0 Å². The highest BCUT2D eigenvalue weighted by Gasteiger charge is 2.15. The summed E-state index contributed by atoms with van der Waals surface area (Å²) >= 11 is 1.95. The van der Waals surface area contributed by atoms with Gasteiger partial charge in [0, 0.05) is 23.9 Å². The Bertz CT molecular complexity index is 279. The fourth-order valence-corrected chi connectivity index (χ4v) is 2.25. The highest BCUT2D eigenvalue weighted by atomic mass is 32.2. The minimum Gasteiger partial charge on any atom is -0.361 e. The van der Waals surface area contributed by atoms with Gasteiger partial charge >= 0.3 is 0 Å². The zero-order valence-electron chi connectivity index (χ0n) is 9.96. The van der Waals surface area contributed by atoms with E-state index in [0.29, 0.717) is 6.04 Å². The Morgan fingerprint density at radius 2 is 2.20 bits per heavy atom. The van der Waals surface area contributed by atoms with Gasteiger partial charge in [0.25, 0.3) is 0 Å². The van der Waals surface area contributed by atoms with Crippen LogP contribution in [0.5, 0.6) is 0 Å². The summed E-state index contributed by atoms with van der Waals surface area (Å²) in [4.78, 5) is 0. The highest BCUT2D eigenvalue weighted by Crippen LogP contribution is 2.20. The molecule has 0 bridgehead atoms. The number of thioether (sulfide) groups is 1. The molecule has 0 spiro atoms. The first-order chi connectivity index (χ1) is 7.16. The van der Waals surface area contributed by atoms with Gasteiger partial charge in [-0.25, -0.2) is 0 Å². The number of nitrogens with zero attached hydrogens (tertiary/aromatic N) is 1. The number of aromatic nitrogens is 1. The summed E-state index contributed by atoms with van der Waals surface area (Å²) in [5.74, 6) is 3.27. The zero-order valence-corrected chi connectivity index (χ0v) is 10.8. The van der Waals surface area contributed by atoms with Gasteiger partial charge < -0.3 is 9.84 Å². The molecule has 1 atom stereocenters. The fourth-order valence-electron chi connectivity index (χ4n) is 1.70. The Morgan fingerprint density at radius 1 is 1.47 bits per heavy atom. The van der Waals surface area contributed by atoms with E-state index in [1.54, 1.807) is 0 Å². The van der Waals surface area contributed by atoms with Crippen LogP contribution in [0.2, 0.25) is 0 Å². The molecule has 15 heavy (non-hydrogen) atoms. The van der Waals surface area contributed by atoms with Gasteiger partial charge in [-0.3, -0.25) is 0 Å². The fraction of sp³-hybridized carbons (Fsp3) is 0.727. The molecule has 0 aliphatic heterocycles. The third-order valence-corrected chi connectivity index (χ3v) is 3.32. The van der Waals surface area contributed by atoms with E-state index < -0.39 is 0 Å². The number of hydrogen-bond acceptors (Lipinski definition) is 4. The third-order valence-electron chi connectivity index (χ3n) is 2.42. The lowest BCUT2D eigenvalue weighted by molar-refractivity contribution is 0.390. The topological polar surface area (TPSA) is 38.1 Å². The van der Waals surface area contributed by atoms with Crippen LogP contribution in [0.4, 0.5) is 0 Å². The third kappa shape index (κ3) is 3.54. The van der Waals surface area contributed by atoms with Crippen molar-refractivity contribution in [2.24, 2.45) is 0 Å². The average Bonchev–Trinajstić information content (AvgIpc) is 2.53. The molecule has 1 aromatic heterocycles. The number of hydrogen-bond donors (Lipinski definition) is 1. The van der Waals surface area contributed by atoms with Gasteiger partial charge in [0.2, 0.25) is 0 Å². The van der Waals surface area contributed by atoms with Crippen LogP contribution in [0.1, 0.15) is 36.9 Å². The van der Waals surface area contributed by atoms with Crippen molar-refractivity contribution in [1.29, 1.82) is 0 Å². The number of rotatable bonds is 6. The normalized spacial score (nSPS) is 13.1. The Morgan fingerprint density at radius 3 is 2.73 bits per heavy atom. The number of nitrogens with one attached hydrogen (secondary N) is 1. The van der Waals surface area contributed by atoms with E-state index in [2.05, 4.69) is 24.3 Å². The summed E-state index contributed by atoms with van der Waals surface area (Å²) in [6.45, 7) is 9.33. The second-order valence-corrected chi connectivity index (χ2v) is 5.00. The van der Waals surface area contributed by atoms with Crippen LogP contribution in [0, 0.1) is 13.8 Å². The van der Waals surface area contributed by atoms with Crippen molar-refractivity contribution in [2.75, 3.05) is 18.1 Å². The lowest BCUT2D eigenvalue weighted by Crippen LogP contribution is -2.22. The summed E-state index contributed by atoms with van der Waals surface area (Å²) in [5, 5.41) is 7.44. The first-order valence-electron chi connectivity index (χ1n) is 5.40. The van der Waals surface area contributed by atoms with Crippen molar-refractivity contribution in [3.05, 3.63) is 17.0 Å². The molecule has 1 aromatic rings. The molecule has 0 radical (unpaired) electrons. The molecule has 0 saturated heterocycles. The molecule has 3 nitrogen and oxygen atoms in total. The van der Waals surface area contributed by atoms with E-state index in [1.165, 1.54) is 11.3 Å². The van der Waals surface area contributed by atoms with Gasteiger partial charge in [0.05, 0.1) is 5.69 Å². The van der Waals surface area contributed by atoms with E-state index in [9.17, 15) is 0 Å². The van der Waals surface area contributed by atoms with Crippen LogP contribution in [-0.4, -0.2) is 23.2 Å². The maximum Gasteiger partial charge on any atom is 0.138 e. The largest absolute Gasteiger partial charge is 0.361 e. The molecular formula is C11H20N2OS. The molecule has 1 N–H and O–H groups in total. The number of aryl methyl sites for hydroxylation is 2. The quantitative estimate of drug-likeness (QED) is 0.760. The SMILES string of the molecule is CCSCCNC(C)c1c(C)noc1C. The van der Waals surface area contributed by atoms with Crippen LogP contribution in [0.15, 0.2) is 4.52 Å². The maximum absolute atomic E-state index is 5.15. The molecule has 0 aliphatic carbocycles. The molecule has 1 rings (SSSR count). The Kier molecular flexibility index (Phi) is 5.19. The lowest BCUT2D eigenvalue weighted by Gasteiger charge is -2.13. The van der Waals surface area contributed by atoms with Gasteiger partial charge in [-0.05, 0) is 26.5 Å². The monoisotopic (exact) mass is 228 g/mol. The Balaban J connectivity index is 2.43. The van der Waals surface area contributed by atoms with Gasteiger partial charge in [0.15, 0.2) is 0 Å². The van der Waals surface area contributed by atoms with Crippen molar-refractivity contribution in [1.82, 2.24) is 10.5 Å². The molecule has 4 heteroatoms. The first kappa shape index (κ1) is 12.6. The van der Waals surface area contributed by atoms with Crippen LogP contribution in [0.25, 0.3) is 0 Å². The standard InChI is InChI=1S/C11H20N2OS/c1-5-15-7-6-12-8(2)11-9(3)13-14-10(11)4/h8,12H,5-7H2,1-4H3. The second-order valence-electron chi connectivity index (χ2n) is 3.61. The highest BCUT2D eigenvalue weighted by molar-refractivity contribution is 7.99. The van der Waals surface area contributed by atoms with Crippen LogP contribution in [0.3, 0.4) is 0 Å². The van der Waals surface area contributed by atoms with Crippen molar-refractivity contribution >= 4 is 11.8 Å². The minimum atomic E-state index is 0.328. The van der Waals surface area contributed by atoms with Gasteiger partial charge in [-0.15, -0.1) is 0 Å². The molecule has 0 saturated carbocycles. The van der Waals surface area contributed by atoms with Crippen molar-refractivity contribution in [2.45, 2.75) is 33.7 Å². The predicted octanol–water partition coefficient (Wildman–Crippen LogP) is 2.70. The summed E-state index contributed by atoms with van der Waals surface area (Å²) in [5.41, 5.74) is 2.20. The maximum atomic E-state index is 5.15. The van der Waals surface area contributed by atoms with Crippen molar-refractivity contribution in [3.63, 3.8) is 0 Å². The van der Waals surface area contributed by atoms with Crippen LogP contribution in [-0.2, 0) is 0 Å². The van der Waals surface area contributed by atoms with Gasteiger partial charge in [0.1, 0.15) is 5.76 Å². The molecule has 0 amide bonds. The second kappa shape index (κ2) is 6.18. The van der Waals surface area contributed by atoms with Gasteiger partial charge in [-0.1, -0.05) is 12.1 Å². The lowest BCUT2D eigenvalue weighted by atomic mass is 10.1. The van der Waals surface area contributed by atoms with E-state index in [0.717, 1.165) is 23.8 Å². The van der Waals surface area contributed by atoms with Gasteiger partial charge in [-0.2, -0.15) is 11.8 Å². The molecule has 1 heterocycles. The predicted molar refractivity (Wildman–Crippen MR) is 65.4 cm³/mol. The molecular weight excluding hydrogens is 208 g/mol. The van der Waals surface area contributed by atoms with Crippen LogP contribution >= 0.6 is 11.8 Å². The van der Waals surface area contributed by atoms with Crippen LogP contribution < -0.4 is 5.32 Å². The molecule has 0 aromatic carbocycles. The molecule has 0 aliphatic rings. The van der Waals surface area contributed by atoms with E-state index in [4.69, 9.17) is 4.52 Å². The zero-order chi connectivity index (χ0) is 11.3. The van der Waals surface area contributed by atoms with Crippen molar-refractivity contribution < 1.29 is 4.52 Å². The summed E-state index contributed by atoms with van der Waals surface area (Å²) in [6.07, 6.45) is 0. The Hall–Kier alpha value is -0.480. The molecule has 86 valence electrons. The van der Waals surface area contributed by atoms with E-state index >= 15 is 0 Å². The summed E-state index contributed by atoms with van der Waals surface area (Å²) in [7, 11) is 0. The minimum absolute atomic E-state index is 0.328. The summed E-state index contributed by atoms with van der Waals surface area (Å²) < 4.78 is 5.15. The smallest absolute Gasteiger partial charge is 0.138 e. The Labute approximate surface area is 96.0 Å². The van der Waals surface area contributed by atoms with Crippen molar-refractivity contribution in [3.8, 4) is 0 Å². The molecule has 0 fully saturated rings. The molecule has 1 unspecified atom stereocenters. The first-order valence-corrected chi connectivity index (χ1v) is 6.56. The summed E-state index contributed by atoms with van der Waals surface area (Å²) in [6, 6.07) is 0.328. The van der Waals surface area contributed by atoms with E-state index in [1.807, 2.05) is 25.6 Å².